The second-order valence-electron chi connectivity index (χ2n) is 5.32. The predicted molar refractivity (Wildman–Crippen MR) is 69.5 cm³/mol. The van der Waals surface area contributed by atoms with Crippen LogP contribution in [0.25, 0.3) is 0 Å². The van der Waals surface area contributed by atoms with Crippen LogP contribution in [0.2, 0.25) is 0 Å². The topological polar surface area (TPSA) is 53.4 Å². The van der Waals surface area contributed by atoms with Gasteiger partial charge >= 0.3 is 6.18 Å². The van der Waals surface area contributed by atoms with Gasteiger partial charge in [-0.15, -0.1) is 0 Å². The molecule has 116 valence electrons. The number of likely N-dealkylation sites (tertiary alicyclic amines) is 1. The van der Waals surface area contributed by atoms with Gasteiger partial charge in [-0.1, -0.05) is 0 Å². The van der Waals surface area contributed by atoms with E-state index in [2.05, 4.69) is 4.98 Å². The standard InChI is InChI=1S/C14H17F3N2O2/c1-9(20)11-3-2-6-19(8-11)13(21)10-4-5-12(18-7-10)14(15,16)17/h4-5,7,9,11,20H,2-3,6,8H2,1H3. The second kappa shape index (κ2) is 6.01. The SMILES string of the molecule is CC(O)C1CCCN(C(=O)c2ccc(C(F)(F)F)nc2)C1. The summed E-state index contributed by atoms with van der Waals surface area (Å²) in [5, 5.41) is 9.60. The molecule has 0 saturated carbocycles. The first-order chi connectivity index (χ1) is 9.79. The van der Waals surface area contributed by atoms with Crippen LogP contribution in [0.5, 0.6) is 0 Å². The minimum Gasteiger partial charge on any atom is -0.393 e. The smallest absolute Gasteiger partial charge is 0.393 e. The van der Waals surface area contributed by atoms with Gasteiger partial charge in [0.05, 0.1) is 11.7 Å². The first-order valence-corrected chi connectivity index (χ1v) is 6.79. The zero-order valence-electron chi connectivity index (χ0n) is 11.6. The molecule has 21 heavy (non-hydrogen) atoms. The van der Waals surface area contributed by atoms with Crippen molar-refractivity contribution in [3.8, 4) is 0 Å². The summed E-state index contributed by atoms with van der Waals surface area (Å²) in [6.07, 6.45) is -2.45. The number of carbonyl (C=O) groups is 1. The quantitative estimate of drug-likeness (QED) is 0.912. The van der Waals surface area contributed by atoms with E-state index in [4.69, 9.17) is 0 Å². The molecule has 1 aromatic heterocycles. The fourth-order valence-corrected chi connectivity index (χ4v) is 2.46. The number of hydrogen-bond acceptors (Lipinski definition) is 3. The average molecular weight is 302 g/mol. The van der Waals surface area contributed by atoms with Crippen molar-refractivity contribution in [2.24, 2.45) is 5.92 Å². The molecule has 0 spiro atoms. The zero-order chi connectivity index (χ0) is 15.6. The lowest BCUT2D eigenvalue weighted by Crippen LogP contribution is -2.43. The summed E-state index contributed by atoms with van der Waals surface area (Å²) in [6, 6.07) is 1.95. The number of rotatable bonds is 2. The third-order valence-electron chi connectivity index (χ3n) is 3.73. The number of carbonyl (C=O) groups excluding carboxylic acids is 1. The lowest BCUT2D eigenvalue weighted by Gasteiger charge is -2.34. The van der Waals surface area contributed by atoms with E-state index in [1.54, 1.807) is 11.8 Å². The molecule has 1 saturated heterocycles. The molecule has 1 aliphatic rings. The number of aliphatic hydroxyl groups excluding tert-OH is 1. The molecule has 2 unspecified atom stereocenters. The minimum absolute atomic E-state index is 0.00473. The van der Waals surface area contributed by atoms with Gasteiger partial charge < -0.3 is 10.0 Å². The number of piperidine rings is 1. The monoisotopic (exact) mass is 302 g/mol. The van der Waals surface area contributed by atoms with Gasteiger partial charge in [0.25, 0.3) is 5.91 Å². The van der Waals surface area contributed by atoms with E-state index in [1.807, 2.05) is 0 Å². The highest BCUT2D eigenvalue weighted by atomic mass is 19.4. The van der Waals surface area contributed by atoms with Gasteiger partial charge in [-0.05, 0) is 31.9 Å². The fourth-order valence-electron chi connectivity index (χ4n) is 2.46. The van der Waals surface area contributed by atoms with Crippen molar-refractivity contribution in [1.82, 2.24) is 9.88 Å². The van der Waals surface area contributed by atoms with Crippen LogP contribution < -0.4 is 0 Å². The van der Waals surface area contributed by atoms with Crippen molar-refractivity contribution in [2.45, 2.75) is 32.0 Å². The number of nitrogens with zero attached hydrogens (tertiary/aromatic N) is 2. The summed E-state index contributed by atoms with van der Waals surface area (Å²) < 4.78 is 37.3. The van der Waals surface area contributed by atoms with Gasteiger partial charge in [0.1, 0.15) is 5.69 Å². The van der Waals surface area contributed by atoms with Crippen molar-refractivity contribution < 1.29 is 23.1 Å². The molecular formula is C14H17F3N2O2. The molecular weight excluding hydrogens is 285 g/mol. The molecule has 4 nitrogen and oxygen atoms in total. The first-order valence-electron chi connectivity index (χ1n) is 6.79. The van der Waals surface area contributed by atoms with Crippen LogP contribution in [0.4, 0.5) is 13.2 Å². The summed E-state index contributed by atoms with van der Waals surface area (Å²) >= 11 is 0. The van der Waals surface area contributed by atoms with Gasteiger partial charge in [0.2, 0.25) is 0 Å². The average Bonchev–Trinajstić information content (AvgIpc) is 2.46. The van der Waals surface area contributed by atoms with E-state index in [9.17, 15) is 23.1 Å². The van der Waals surface area contributed by atoms with E-state index in [1.165, 1.54) is 0 Å². The fraction of sp³-hybridized carbons (Fsp3) is 0.571. The van der Waals surface area contributed by atoms with Crippen molar-refractivity contribution in [3.63, 3.8) is 0 Å². The molecule has 0 radical (unpaired) electrons. The van der Waals surface area contributed by atoms with E-state index < -0.39 is 18.0 Å². The number of amides is 1. The number of aromatic nitrogens is 1. The highest BCUT2D eigenvalue weighted by Crippen LogP contribution is 2.27. The number of pyridine rings is 1. The molecule has 1 amide bonds. The Morgan fingerprint density at radius 1 is 1.48 bits per heavy atom. The first kappa shape index (κ1) is 15.8. The second-order valence-corrected chi connectivity index (χ2v) is 5.32. The van der Waals surface area contributed by atoms with E-state index in [0.717, 1.165) is 31.2 Å². The van der Waals surface area contributed by atoms with Crippen LogP contribution >= 0.6 is 0 Å². The summed E-state index contributed by atoms with van der Waals surface area (Å²) in [6.45, 7) is 2.64. The molecule has 2 heterocycles. The van der Waals surface area contributed by atoms with Crippen molar-refractivity contribution in [1.29, 1.82) is 0 Å². The van der Waals surface area contributed by atoms with Gasteiger partial charge in [-0.25, -0.2) is 0 Å². The summed E-state index contributed by atoms with van der Waals surface area (Å²) in [5.74, 6) is -0.341. The molecule has 0 aromatic carbocycles. The Kier molecular flexibility index (Phi) is 4.51. The number of aliphatic hydroxyl groups is 1. The molecule has 2 atom stereocenters. The molecule has 2 rings (SSSR count). The largest absolute Gasteiger partial charge is 0.433 e. The van der Waals surface area contributed by atoms with Crippen LogP contribution in [0.15, 0.2) is 18.3 Å². The predicted octanol–water partition coefficient (Wildman–Crippen LogP) is 2.33. The Labute approximate surface area is 120 Å². The van der Waals surface area contributed by atoms with Gasteiger partial charge in [-0.3, -0.25) is 9.78 Å². The molecule has 1 fully saturated rings. The molecule has 1 aliphatic heterocycles. The Hall–Kier alpha value is -1.63. The zero-order valence-corrected chi connectivity index (χ0v) is 11.6. The molecule has 1 N–H and O–H groups in total. The van der Waals surface area contributed by atoms with E-state index in [-0.39, 0.29) is 17.4 Å². The number of alkyl halides is 3. The number of hydrogen-bond donors (Lipinski definition) is 1. The van der Waals surface area contributed by atoms with Crippen LogP contribution in [-0.2, 0) is 6.18 Å². The summed E-state index contributed by atoms with van der Waals surface area (Å²) in [4.78, 5) is 17.1. The Balaban J connectivity index is 2.09. The Morgan fingerprint density at radius 2 is 2.19 bits per heavy atom. The lowest BCUT2D eigenvalue weighted by molar-refractivity contribution is -0.141. The maximum atomic E-state index is 12.4. The highest BCUT2D eigenvalue weighted by molar-refractivity contribution is 5.94. The van der Waals surface area contributed by atoms with Crippen LogP contribution in [0, 0.1) is 5.92 Å². The third-order valence-corrected chi connectivity index (χ3v) is 3.73. The lowest BCUT2D eigenvalue weighted by atomic mass is 9.93. The molecule has 0 aliphatic carbocycles. The highest BCUT2D eigenvalue weighted by Gasteiger charge is 2.33. The Morgan fingerprint density at radius 3 is 2.71 bits per heavy atom. The van der Waals surface area contributed by atoms with E-state index in [0.29, 0.717) is 13.1 Å². The summed E-state index contributed by atoms with van der Waals surface area (Å²) in [7, 11) is 0. The van der Waals surface area contributed by atoms with Gasteiger partial charge in [0.15, 0.2) is 0 Å². The maximum absolute atomic E-state index is 12.4. The van der Waals surface area contributed by atoms with E-state index >= 15 is 0 Å². The van der Waals surface area contributed by atoms with Crippen LogP contribution in [0.3, 0.4) is 0 Å². The normalized spacial score (nSPS) is 21.2. The van der Waals surface area contributed by atoms with Crippen LogP contribution in [-0.4, -0.2) is 40.1 Å². The molecule has 1 aromatic rings. The van der Waals surface area contributed by atoms with Gasteiger partial charge in [-0.2, -0.15) is 13.2 Å². The van der Waals surface area contributed by atoms with Crippen LogP contribution in [0.1, 0.15) is 35.8 Å². The Bertz CT molecular complexity index is 500. The summed E-state index contributed by atoms with van der Waals surface area (Å²) in [5.41, 5.74) is -0.881. The minimum atomic E-state index is -4.51. The van der Waals surface area contributed by atoms with Crippen molar-refractivity contribution in [3.05, 3.63) is 29.6 Å². The van der Waals surface area contributed by atoms with Gasteiger partial charge in [0, 0.05) is 25.2 Å². The maximum Gasteiger partial charge on any atom is 0.433 e. The number of halogens is 3. The van der Waals surface area contributed by atoms with Crippen molar-refractivity contribution in [2.75, 3.05) is 13.1 Å². The third kappa shape index (κ3) is 3.72. The molecule has 7 heteroatoms. The van der Waals surface area contributed by atoms with Crippen molar-refractivity contribution >= 4 is 5.91 Å². The molecule has 0 bridgehead atoms.